The molecule has 1 aromatic carbocycles. The summed E-state index contributed by atoms with van der Waals surface area (Å²) in [5, 5.41) is 0. The molecule has 0 aliphatic heterocycles. The van der Waals surface area contributed by atoms with Crippen molar-refractivity contribution in [2.24, 2.45) is 5.73 Å². The number of benzene rings is 1. The van der Waals surface area contributed by atoms with Gasteiger partial charge in [0.25, 0.3) is 0 Å². The molecule has 2 N–H and O–H groups in total. The molecule has 0 atom stereocenters. The molecule has 0 fully saturated rings. The average Bonchev–Trinajstić information content (AvgIpc) is 2.39. The van der Waals surface area contributed by atoms with E-state index < -0.39 is 0 Å². The molecule has 3 heteroatoms. The van der Waals surface area contributed by atoms with Gasteiger partial charge in [-0.2, -0.15) is 0 Å². The molecule has 1 heterocycles. The Balaban J connectivity index is 2.08. The fourth-order valence-electron chi connectivity index (χ4n) is 1.72. The average molecular weight is 242 g/mol. The highest BCUT2D eigenvalue weighted by atomic mass is 16.5. The van der Waals surface area contributed by atoms with E-state index in [1.165, 1.54) is 5.56 Å². The van der Waals surface area contributed by atoms with Crippen LogP contribution >= 0.6 is 0 Å². The Morgan fingerprint density at radius 2 is 1.78 bits per heavy atom. The second-order valence-electron chi connectivity index (χ2n) is 4.38. The molecule has 0 aliphatic rings. The molecule has 0 bridgehead atoms. The van der Waals surface area contributed by atoms with Crippen molar-refractivity contribution in [3.63, 3.8) is 0 Å². The van der Waals surface area contributed by atoms with Crippen molar-refractivity contribution < 1.29 is 4.74 Å². The van der Waals surface area contributed by atoms with Gasteiger partial charge in [-0.3, -0.25) is 4.98 Å². The van der Waals surface area contributed by atoms with Crippen LogP contribution in [0.1, 0.15) is 22.5 Å². The number of ether oxygens (including phenoxy) is 1. The van der Waals surface area contributed by atoms with Gasteiger partial charge >= 0.3 is 0 Å². The molecule has 0 spiro atoms. The van der Waals surface area contributed by atoms with Crippen LogP contribution < -0.4 is 10.5 Å². The third kappa shape index (κ3) is 3.08. The monoisotopic (exact) mass is 242 g/mol. The van der Waals surface area contributed by atoms with E-state index in [9.17, 15) is 0 Å². The number of hydrogen-bond donors (Lipinski definition) is 1. The zero-order valence-corrected chi connectivity index (χ0v) is 10.8. The first-order valence-electron chi connectivity index (χ1n) is 6.04. The fraction of sp³-hybridized carbons (Fsp3) is 0.267. The summed E-state index contributed by atoms with van der Waals surface area (Å²) in [6, 6.07) is 12.2. The van der Waals surface area contributed by atoms with Crippen molar-refractivity contribution in [2.75, 3.05) is 0 Å². The Morgan fingerprint density at radius 3 is 2.44 bits per heavy atom. The summed E-state index contributed by atoms with van der Waals surface area (Å²) < 4.78 is 5.77. The summed E-state index contributed by atoms with van der Waals surface area (Å²) in [5.41, 5.74) is 9.82. The van der Waals surface area contributed by atoms with Crippen LogP contribution in [0.5, 0.6) is 5.75 Å². The lowest BCUT2D eigenvalue weighted by atomic mass is 10.2. The predicted octanol–water partition coefficient (Wildman–Crippen LogP) is 2.74. The van der Waals surface area contributed by atoms with Crippen LogP contribution in [0, 0.1) is 13.8 Å². The zero-order chi connectivity index (χ0) is 13.0. The minimum absolute atomic E-state index is 0.394. The summed E-state index contributed by atoms with van der Waals surface area (Å²) in [4.78, 5) is 4.37. The van der Waals surface area contributed by atoms with Crippen molar-refractivity contribution in [2.45, 2.75) is 27.0 Å². The highest BCUT2D eigenvalue weighted by Gasteiger charge is 2.04. The van der Waals surface area contributed by atoms with Gasteiger partial charge in [0, 0.05) is 12.2 Å². The van der Waals surface area contributed by atoms with Gasteiger partial charge in [0.1, 0.15) is 12.4 Å². The third-order valence-electron chi connectivity index (χ3n) is 2.78. The van der Waals surface area contributed by atoms with E-state index in [1.54, 1.807) is 0 Å². The molecular formula is C15H18N2O. The standard InChI is InChI=1S/C15H18N2O/c1-11-3-6-13(7-4-11)10-18-15-8-5-12(2)17-14(15)9-16/h3-8H,9-10,16H2,1-2H3. The Hall–Kier alpha value is -1.87. The van der Waals surface area contributed by atoms with Gasteiger partial charge in [0.2, 0.25) is 0 Å². The summed E-state index contributed by atoms with van der Waals surface area (Å²) >= 11 is 0. The van der Waals surface area contributed by atoms with E-state index in [-0.39, 0.29) is 0 Å². The van der Waals surface area contributed by atoms with E-state index in [4.69, 9.17) is 10.5 Å². The van der Waals surface area contributed by atoms with Crippen molar-refractivity contribution in [1.82, 2.24) is 4.98 Å². The first kappa shape index (κ1) is 12.6. The van der Waals surface area contributed by atoms with Crippen LogP contribution in [0.15, 0.2) is 36.4 Å². The summed E-state index contributed by atoms with van der Waals surface area (Å²) in [7, 11) is 0. The highest BCUT2D eigenvalue weighted by molar-refractivity contribution is 5.30. The molecule has 0 aliphatic carbocycles. The molecule has 0 saturated carbocycles. The number of aromatic nitrogens is 1. The first-order chi connectivity index (χ1) is 8.69. The number of hydrogen-bond acceptors (Lipinski definition) is 3. The predicted molar refractivity (Wildman–Crippen MR) is 72.4 cm³/mol. The van der Waals surface area contributed by atoms with E-state index in [0.29, 0.717) is 13.2 Å². The number of nitrogens with two attached hydrogens (primary N) is 1. The summed E-state index contributed by atoms with van der Waals surface area (Å²) in [6.45, 7) is 4.95. The first-order valence-corrected chi connectivity index (χ1v) is 6.04. The van der Waals surface area contributed by atoms with Crippen molar-refractivity contribution in [3.05, 3.63) is 58.9 Å². The van der Waals surface area contributed by atoms with Gasteiger partial charge in [-0.25, -0.2) is 0 Å². The molecule has 0 saturated heterocycles. The molecule has 2 aromatic rings. The zero-order valence-electron chi connectivity index (χ0n) is 10.8. The summed E-state index contributed by atoms with van der Waals surface area (Å²) in [6.07, 6.45) is 0. The minimum Gasteiger partial charge on any atom is -0.487 e. The maximum absolute atomic E-state index is 5.77. The fourth-order valence-corrected chi connectivity index (χ4v) is 1.72. The molecule has 94 valence electrons. The topological polar surface area (TPSA) is 48.1 Å². The Labute approximate surface area is 108 Å². The Bertz CT molecular complexity index is 521. The second-order valence-corrected chi connectivity index (χ2v) is 4.38. The maximum Gasteiger partial charge on any atom is 0.142 e. The lowest BCUT2D eigenvalue weighted by Gasteiger charge is -2.10. The smallest absolute Gasteiger partial charge is 0.142 e. The quantitative estimate of drug-likeness (QED) is 0.896. The van der Waals surface area contributed by atoms with Crippen LogP contribution in [0.3, 0.4) is 0 Å². The SMILES string of the molecule is Cc1ccc(COc2ccc(C)nc2CN)cc1. The number of pyridine rings is 1. The lowest BCUT2D eigenvalue weighted by molar-refractivity contribution is 0.301. The Morgan fingerprint density at radius 1 is 1.06 bits per heavy atom. The van der Waals surface area contributed by atoms with Crippen LogP contribution in [0.4, 0.5) is 0 Å². The molecule has 3 nitrogen and oxygen atoms in total. The highest BCUT2D eigenvalue weighted by Crippen LogP contribution is 2.18. The van der Waals surface area contributed by atoms with Crippen molar-refractivity contribution >= 4 is 0 Å². The van der Waals surface area contributed by atoms with Crippen molar-refractivity contribution in [1.29, 1.82) is 0 Å². The molecule has 1 aromatic heterocycles. The van der Waals surface area contributed by atoms with E-state index in [0.717, 1.165) is 22.7 Å². The molecule has 0 unspecified atom stereocenters. The van der Waals surface area contributed by atoms with Crippen molar-refractivity contribution in [3.8, 4) is 5.75 Å². The van der Waals surface area contributed by atoms with Gasteiger partial charge < -0.3 is 10.5 Å². The van der Waals surface area contributed by atoms with Gasteiger partial charge in [-0.1, -0.05) is 29.8 Å². The van der Waals surface area contributed by atoms with Crippen LogP contribution in [-0.4, -0.2) is 4.98 Å². The molecule has 18 heavy (non-hydrogen) atoms. The number of rotatable bonds is 4. The van der Waals surface area contributed by atoms with E-state index in [2.05, 4.69) is 36.2 Å². The van der Waals surface area contributed by atoms with E-state index in [1.807, 2.05) is 19.1 Å². The third-order valence-corrected chi connectivity index (χ3v) is 2.78. The van der Waals surface area contributed by atoms with E-state index >= 15 is 0 Å². The van der Waals surface area contributed by atoms with Crippen LogP contribution in [0.25, 0.3) is 0 Å². The molecule has 0 amide bonds. The number of aryl methyl sites for hydroxylation is 2. The lowest BCUT2D eigenvalue weighted by Crippen LogP contribution is -2.05. The molecular weight excluding hydrogens is 224 g/mol. The van der Waals surface area contributed by atoms with Crippen LogP contribution in [0.2, 0.25) is 0 Å². The van der Waals surface area contributed by atoms with Crippen LogP contribution in [-0.2, 0) is 13.2 Å². The summed E-state index contributed by atoms with van der Waals surface area (Å²) in [5.74, 6) is 0.767. The minimum atomic E-state index is 0.394. The normalized spacial score (nSPS) is 10.4. The molecule has 0 radical (unpaired) electrons. The maximum atomic E-state index is 5.77. The largest absolute Gasteiger partial charge is 0.487 e. The van der Waals surface area contributed by atoms with Gasteiger partial charge in [-0.05, 0) is 31.5 Å². The van der Waals surface area contributed by atoms with Gasteiger partial charge in [-0.15, -0.1) is 0 Å². The Kier molecular flexibility index (Phi) is 3.95. The second kappa shape index (κ2) is 5.65. The molecule has 2 rings (SSSR count). The number of nitrogens with zero attached hydrogens (tertiary/aromatic N) is 1. The van der Waals surface area contributed by atoms with Gasteiger partial charge in [0.15, 0.2) is 0 Å². The van der Waals surface area contributed by atoms with Gasteiger partial charge in [0.05, 0.1) is 5.69 Å².